The maximum atomic E-state index is 13.1. The predicted octanol–water partition coefficient (Wildman–Crippen LogP) is 7.88. The topological polar surface area (TPSA) is 105 Å². The molecule has 0 radical (unpaired) electrons. The molecule has 2 aliphatic carbocycles. The lowest BCUT2D eigenvalue weighted by Gasteiger charge is -2.36. The summed E-state index contributed by atoms with van der Waals surface area (Å²) in [5, 5.41) is 2.56. The number of carbonyl (C=O) groups is 4. The highest BCUT2D eigenvalue weighted by Gasteiger charge is 2.36. The summed E-state index contributed by atoms with van der Waals surface area (Å²) >= 11 is 0. The van der Waals surface area contributed by atoms with Gasteiger partial charge in [0.25, 0.3) is 0 Å². The van der Waals surface area contributed by atoms with Gasteiger partial charge in [-0.3, -0.25) is 9.59 Å². The Kier molecular flexibility index (Phi) is 15.3. The van der Waals surface area contributed by atoms with Gasteiger partial charge in [-0.25, -0.2) is 9.59 Å². The van der Waals surface area contributed by atoms with E-state index in [0.717, 1.165) is 76.3 Å². The van der Waals surface area contributed by atoms with Crippen LogP contribution in [0.1, 0.15) is 64.2 Å². The summed E-state index contributed by atoms with van der Waals surface area (Å²) in [6.07, 6.45) is 11.5. The Labute approximate surface area is 312 Å². The van der Waals surface area contributed by atoms with Gasteiger partial charge >= 0.3 is 23.9 Å². The molecule has 0 aromatic heterocycles. The standard InChI is InChI=1S/C42H58O8Si2/c1-7-39(43)47-27-9-29-51(3,4)37-23-19-35(20-24-37)49-41(45)33-15-11-31(12-16-33)32-13-17-34(18-14-32)42(46)50-36-21-25-38(26-22-36)52(5,6)30-10-28-48-40(44)8-2/h7-8,19-26,31-34H,1-2,9-18,27-30H2,3-6H3. The van der Waals surface area contributed by atoms with Crippen LogP contribution in [0.3, 0.4) is 0 Å². The van der Waals surface area contributed by atoms with Crippen molar-refractivity contribution in [2.75, 3.05) is 13.2 Å². The van der Waals surface area contributed by atoms with Crippen molar-refractivity contribution in [3.8, 4) is 11.5 Å². The van der Waals surface area contributed by atoms with Crippen LogP contribution in [0.2, 0.25) is 38.3 Å². The molecule has 2 aliphatic rings. The highest BCUT2D eigenvalue weighted by atomic mass is 28.3. The Morgan fingerprint density at radius 2 is 0.904 bits per heavy atom. The molecule has 2 fully saturated rings. The molecule has 0 bridgehead atoms. The fourth-order valence-corrected chi connectivity index (χ4v) is 12.6. The zero-order chi connectivity index (χ0) is 37.7. The maximum absolute atomic E-state index is 13.1. The average Bonchev–Trinajstić information content (AvgIpc) is 3.15. The molecule has 0 saturated heterocycles. The molecule has 2 saturated carbocycles. The summed E-state index contributed by atoms with van der Waals surface area (Å²) in [6, 6.07) is 17.9. The number of hydrogen-bond acceptors (Lipinski definition) is 8. The van der Waals surface area contributed by atoms with E-state index in [2.05, 4.69) is 63.6 Å². The first-order chi connectivity index (χ1) is 24.8. The average molecular weight is 747 g/mol. The van der Waals surface area contributed by atoms with Crippen LogP contribution in [0.4, 0.5) is 0 Å². The fraction of sp³-hybridized carbons (Fsp3) is 0.524. The lowest BCUT2D eigenvalue weighted by Crippen LogP contribution is -2.41. The van der Waals surface area contributed by atoms with Crippen LogP contribution in [-0.4, -0.2) is 53.2 Å². The minimum absolute atomic E-state index is 0.0759. The number of hydrogen-bond donors (Lipinski definition) is 0. The van der Waals surface area contributed by atoms with Crippen molar-refractivity contribution in [3.63, 3.8) is 0 Å². The van der Waals surface area contributed by atoms with Gasteiger partial charge in [0.2, 0.25) is 0 Å². The summed E-state index contributed by atoms with van der Waals surface area (Å²) in [7, 11) is -3.44. The van der Waals surface area contributed by atoms with Gasteiger partial charge in [-0.05, 0) is 100 Å². The zero-order valence-electron chi connectivity index (χ0n) is 31.7. The van der Waals surface area contributed by atoms with Gasteiger partial charge in [-0.1, -0.05) is 86.1 Å². The molecule has 52 heavy (non-hydrogen) atoms. The largest absolute Gasteiger partial charge is 0.463 e. The van der Waals surface area contributed by atoms with Crippen molar-refractivity contribution in [3.05, 3.63) is 73.8 Å². The molecule has 2 aromatic carbocycles. The first kappa shape index (κ1) is 41.0. The molecule has 4 rings (SSSR count). The SMILES string of the molecule is C=CC(=O)OCCC[Si](C)(C)c1ccc(OC(=O)C2CCC(C3CCC(C(=O)Oc4ccc([Si](C)(C)CCCOC(=O)C=C)cc4)CC3)CC2)cc1. The lowest BCUT2D eigenvalue weighted by atomic mass is 9.69. The van der Waals surface area contributed by atoms with Crippen LogP contribution in [-0.2, 0) is 28.7 Å². The summed E-state index contributed by atoms with van der Waals surface area (Å²) < 4.78 is 21.9. The van der Waals surface area contributed by atoms with Crippen LogP contribution in [0.15, 0.2) is 73.8 Å². The van der Waals surface area contributed by atoms with Gasteiger partial charge in [-0.2, -0.15) is 0 Å². The Bertz CT molecular complexity index is 1400. The lowest BCUT2D eigenvalue weighted by molar-refractivity contribution is -0.142. The Morgan fingerprint density at radius 1 is 0.577 bits per heavy atom. The number of esters is 4. The van der Waals surface area contributed by atoms with Crippen LogP contribution < -0.4 is 19.8 Å². The molecular weight excluding hydrogens is 689 g/mol. The summed E-state index contributed by atoms with van der Waals surface area (Å²) in [5.74, 6) is 1.16. The van der Waals surface area contributed by atoms with Crippen molar-refractivity contribution in [1.29, 1.82) is 0 Å². The maximum Gasteiger partial charge on any atom is 0.330 e. The smallest absolute Gasteiger partial charge is 0.330 e. The third-order valence-corrected chi connectivity index (χ3v) is 18.3. The Morgan fingerprint density at radius 3 is 1.21 bits per heavy atom. The van der Waals surface area contributed by atoms with E-state index in [1.54, 1.807) is 0 Å². The number of rotatable bonds is 17. The highest BCUT2D eigenvalue weighted by Crippen LogP contribution is 2.42. The molecule has 2 aromatic rings. The van der Waals surface area contributed by atoms with Crippen molar-refractivity contribution in [2.24, 2.45) is 23.7 Å². The van der Waals surface area contributed by atoms with Crippen LogP contribution >= 0.6 is 0 Å². The van der Waals surface area contributed by atoms with Gasteiger partial charge in [0.1, 0.15) is 11.5 Å². The van der Waals surface area contributed by atoms with Crippen molar-refractivity contribution in [2.45, 2.75) is 102 Å². The molecule has 0 unspecified atom stereocenters. The first-order valence-corrected chi connectivity index (χ1v) is 25.5. The summed E-state index contributed by atoms with van der Waals surface area (Å²) in [5.41, 5.74) is 0. The van der Waals surface area contributed by atoms with Gasteiger partial charge < -0.3 is 18.9 Å². The van der Waals surface area contributed by atoms with E-state index in [1.807, 2.05) is 24.3 Å². The molecule has 0 amide bonds. The van der Waals surface area contributed by atoms with E-state index in [-0.39, 0.29) is 35.7 Å². The van der Waals surface area contributed by atoms with Crippen LogP contribution in [0.5, 0.6) is 11.5 Å². The van der Waals surface area contributed by atoms with E-state index in [9.17, 15) is 19.2 Å². The number of ether oxygens (including phenoxy) is 4. The normalized spacial score (nSPS) is 20.6. The monoisotopic (exact) mass is 746 g/mol. The highest BCUT2D eigenvalue weighted by molar-refractivity contribution is 6.90. The van der Waals surface area contributed by atoms with Crippen molar-refractivity contribution < 1.29 is 38.1 Å². The first-order valence-electron chi connectivity index (χ1n) is 19.0. The minimum atomic E-state index is -1.72. The molecule has 0 aliphatic heterocycles. The molecular formula is C42H58O8Si2. The van der Waals surface area contributed by atoms with E-state index < -0.39 is 16.1 Å². The third-order valence-electron chi connectivity index (χ3n) is 11.3. The second-order valence-corrected chi connectivity index (χ2v) is 25.5. The van der Waals surface area contributed by atoms with E-state index >= 15 is 0 Å². The number of carbonyl (C=O) groups excluding carboxylic acids is 4. The van der Waals surface area contributed by atoms with E-state index in [4.69, 9.17) is 18.9 Å². The third kappa shape index (κ3) is 12.2. The molecule has 0 spiro atoms. The van der Waals surface area contributed by atoms with Crippen molar-refractivity contribution in [1.82, 2.24) is 0 Å². The van der Waals surface area contributed by atoms with E-state index in [1.165, 1.54) is 22.5 Å². The minimum Gasteiger partial charge on any atom is -0.463 e. The van der Waals surface area contributed by atoms with Crippen molar-refractivity contribution >= 4 is 50.4 Å². The molecule has 0 heterocycles. The number of benzene rings is 2. The summed E-state index contributed by atoms with van der Waals surface area (Å²) in [4.78, 5) is 48.7. The molecule has 8 nitrogen and oxygen atoms in total. The Hall–Kier alpha value is -3.77. The van der Waals surface area contributed by atoms with Gasteiger partial charge in [0.05, 0.1) is 41.2 Å². The predicted molar refractivity (Wildman–Crippen MR) is 210 cm³/mol. The van der Waals surface area contributed by atoms with Gasteiger partial charge in [-0.15, -0.1) is 0 Å². The zero-order valence-corrected chi connectivity index (χ0v) is 33.7. The van der Waals surface area contributed by atoms with Crippen LogP contribution in [0, 0.1) is 23.7 Å². The van der Waals surface area contributed by atoms with Crippen LogP contribution in [0.25, 0.3) is 0 Å². The quantitative estimate of drug-likeness (QED) is 0.0530. The van der Waals surface area contributed by atoms with Gasteiger partial charge in [0.15, 0.2) is 0 Å². The molecule has 282 valence electrons. The van der Waals surface area contributed by atoms with Gasteiger partial charge in [0, 0.05) is 12.2 Å². The fourth-order valence-electron chi connectivity index (χ4n) is 7.78. The summed E-state index contributed by atoms with van der Waals surface area (Å²) in [6.45, 7) is 16.8. The molecule has 10 heteroatoms. The second-order valence-electron chi connectivity index (χ2n) is 15.8. The second kappa shape index (κ2) is 19.4. The molecule has 0 atom stereocenters. The van der Waals surface area contributed by atoms with E-state index in [0.29, 0.717) is 36.5 Å². The molecule has 0 N–H and O–H groups in total. The Balaban J connectivity index is 1.15.